The summed E-state index contributed by atoms with van der Waals surface area (Å²) in [6.45, 7) is 6.91. The van der Waals surface area contributed by atoms with Crippen molar-refractivity contribution in [3.63, 3.8) is 0 Å². The van der Waals surface area contributed by atoms with Crippen molar-refractivity contribution in [2.75, 3.05) is 26.7 Å². The van der Waals surface area contributed by atoms with Crippen LogP contribution in [0.4, 0.5) is 0 Å². The zero-order chi connectivity index (χ0) is 22.5. The molecule has 3 amide bonds. The van der Waals surface area contributed by atoms with Gasteiger partial charge in [-0.05, 0) is 56.7 Å². The van der Waals surface area contributed by atoms with Crippen LogP contribution in [0.1, 0.15) is 40.1 Å². The number of aryl methyl sites for hydroxylation is 1. The van der Waals surface area contributed by atoms with Crippen LogP contribution < -0.4 is 10.1 Å². The topological polar surface area (TPSA) is 79.0 Å². The number of piperazine rings is 1. The molecule has 0 saturated carbocycles. The average Bonchev–Trinajstić information content (AvgIpc) is 2.78. The molecular weight excluding hydrogens is 394 g/mol. The van der Waals surface area contributed by atoms with E-state index in [1.165, 1.54) is 0 Å². The predicted molar refractivity (Wildman–Crippen MR) is 118 cm³/mol. The summed E-state index contributed by atoms with van der Waals surface area (Å²) in [4.78, 5) is 41.1. The lowest BCUT2D eigenvalue weighted by Gasteiger charge is -2.40. The fraction of sp³-hybridized carbons (Fsp3) is 0.375. The van der Waals surface area contributed by atoms with E-state index in [-0.39, 0.29) is 23.8 Å². The molecule has 1 aliphatic heterocycles. The van der Waals surface area contributed by atoms with E-state index in [1.54, 1.807) is 54.1 Å². The maximum atomic E-state index is 13.0. The molecule has 7 heteroatoms. The van der Waals surface area contributed by atoms with E-state index in [2.05, 4.69) is 5.32 Å². The molecule has 0 unspecified atom stereocenters. The van der Waals surface area contributed by atoms with Gasteiger partial charge in [0.05, 0.1) is 0 Å². The molecular formula is C24H29N3O4. The van der Waals surface area contributed by atoms with Gasteiger partial charge in [-0.15, -0.1) is 0 Å². The number of ether oxygens (including phenoxy) is 1. The predicted octanol–water partition coefficient (Wildman–Crippen LogP) is 2.50. The summed E-state index contributed by atoms with van der Waals surface area (Å²) < 4.78 is 5.87. The number of benzene rings is 2. The minimum atomic E-state index is -0.677. The van der Waals surface area contributed by atoms with Crippen molar-refractivity contribution < 1.29 is 19.1 Å². The van der Waals surface area contributed by atoms with Crippen molar-refractivity contribution in [3.05, 3.63) is 65.2 Å². The van der Waals surface area contributed by atoms with Crippen LogP contribution in [0.15, 0.2) is 48.5 Å². The van der Waals surface area contributed by atoms with Gasteiger partial charge in [-0.3, -0.25) is 14.4 Å². The highest BCUT2D eigenvalue weighted by molar-refractivity contribution is 5.95. The molecule has 2 aromatic rings. The summed E-state index contributed by atoms with van der Waals surface area (Å²) in [5.74, 6) is 0.240. The van der Waals surface area contributed by atoms with Gasteiger partial charge < -0.3 is 19.9 Å². The molecule has 3 rings (SSSR count). The van der Waals surface area contributed by atoms with E-state index in [1.807, 2.05) is 32.0 Å². The second-order valence-corrected chi connectivity index (χ2v) is 7.81. The first-order valence-electron chi connectivity index (χ1n) is 10.5. The van der Waals surface area contributed by atoms with Crippen molar-refractivity contribution >= 4 is 17.7 Å². The Labute approximate surface area is 183 Å². The Morgan fingerprint density at radius 3 is 2.42 bits per heavy atom. The van der Waals surface area contributed by atoms with Gasteiger partial charge in [0.25, 0.3) is 17.7 Å². The first-order chi connectivity index (χ1) is 14.8. The lowest BCUT2D eigenvalue weighted by molar-refractivity contribution is -0.142. The van der Waals surface area contributed by atoms with E-state index in [0.29, 0.717) is 36.5 Å². The van der Waals surface area contributed by atoms with Crippen molar-refractivity contribution in [2.45, 2.75) is 32.9 Å². The third-order valence-electron chi connectivity index (χ3n) is 5.55. The largest absolute Gasteiger partial charge is 0.481 e. The van der Waals surface area contributed by atoms with Crippen molar-refractivity contribution in [1.29, 1.82) is 0 Å². The van der Waals surface area contributed by atoms with Gasteiger partial charge in [-0.1, -0.05) is 18.2 Å². The van der Waals surface area contributed by atoms with Crippen LogP contribution in [-0.2, 0) is 4.79 Å². The first kappa shape index (κ1) is 22.3. The van der Waals surface area contributed by atoms with Crippen molar-refractivity contribution in [1.82, 2.24) is 15.1 Å². The SMILES string of the molecule is CNC(=O)c1ccc(O[C@H](C)C(=O)N2CCN(C(=O)c3ccccc3)C[C@H]2C)cc1C. The Bertz CT molecular complexity index is 961. The highest BCUT2D eigenvalue weighted by Crippen LogP contribution is 2.20. The second-order valence-electron chi connectivity index (χ2n) is 7.81. The maximum Gasteiger partial charge on any atom is 0.263 e. The molecule has 1 fully saturated rings. The molecule has 1 aliphatic rings. The minimum Gasteiger partial charge on any atom is -0.481 e. The number of rotatable bonds is 5. The van der Waals surface area contributed by atoms with Crippen LogP contribution >= 0.6 is 0 Å². The number of hydrogen-bond donors (Lipinski definition) is 1. The van der Waals surface area contributed by atoms with E-state index in [4.69, 9.17) is 4.74 Å². The summed E-state index contributed by atoms with van der Waals surface area (Å²) in [5, 5.41) is 2.60. The van der Waals surface area contributed by atoms with Gasteiger partial charge in [0.15, 0.2) is 6.10 Å². The Balaban J connectivity index is 1.61. The standard InChI is InChI=1S/C24H29N3O4/c1-16-14-20(10-11-21(16)22(28)25-4)31-18(3)23(29)27-13-12-26(15-17(27)2)24(30)19-8-6-5-7-9-19/h5-11,14,17-18H,12-13,15H2,1-4H3,(H,25,28)/t17-,18-/m1/s1. The Kier molecular flexibility index (Phi) is 6.95. The maximum absolute atomic E-state index is 13.0. The normalized spacial score (nSPS) is 17.1. The van der Waals surface area contributed by atoms with Crippen LogP contribution in [0, 0.1) is 6.92 Å². The molecule has 1 saturated heterocycles. The smallest absolute Gasteiger partial charge is 0.263 e. The van der Waals surface area contributed by atoms with Gasteiger partial charge in [0, 0.05) is 43.9 Å². The molecule has 31 heavy (non-hydrogen) atoms. The Morgan fingerprint density at radius 1 is 1.10 bits per heavy atom. The number of nitrogens with one attached hydrogen (secondary N) is 1. The fourth-order valence-corrected chi connectivity index (χ4v) is 3.82. The van der Waals surface area contributed by atoms with Crippen LogP contribution in [-0.4, -0.2) is 66.3 Å². The Hall–Kier alpha value is -3.35. The molecule has 2 atom stereocenters. The monoisotopic (exact) mass is 423 g/mol. The number of nitrogens with zero attached hydrogens (tertiary/aromatic N) is 2. The molecule has 0 spiro atoms. The second kappa shape index (κ2) is 9.64. The zero-order valence-electron chi connectivity index (χ0n) is 18.4. The third-order valence-corrected chi connectivity index (χ3v) is 5.55. The third kappa shape index (κ3) is 5.05. The molecule has 1 N–H and O–H groups in total. The summed E-state index contributed by atoms with van der Waals surface area (Å²) in [5.41, 5.74) is 2.00. The summed E-state index contributed by atoms with van der Waals surface area (Å²) >= 11 is 0. The molecule has 1 heterocycles. The van der Waals surface area contributed by atoms with E-state index in [0.717, 1.165) is 5.56 Å². The first-order valence-corrected chi connectivity index (χ1v) is 10.5. The lowest BCUT2D eigenvalue weighted by atomic mass is 10.1. The lowest BCUT2D eigenvalue weighted by Crippen LogP contribution is -2.57. The van der Waals surface area contributed by atoms with Gasteiger partial charge >= 0.3 is 0 Å². The Morgan fingerprint density at radius 2 is 1.81 bits per heavy atom. The van der Waals surface area contributed by atoms with Crippen LogP contribution in [0.5, 0.6) is 5.75 Å². The zero-order valence-corrected chi connectivity index (χ0v) is 18.4. The average molecular weight is 424 g/mol. The highest BCUT2D eigenvalue weighted by atomic mass is 16.5. The molecule has 0 radical (unpaired) electrons. The van der Waals surface area contributed by atoms with Crippen molar-refractivity contribution in [2.24, 2.45) is 0 Å². The number of carbonyl (C=O) groups is 3. The summed E-state index contributed by atoms with van der Waals surface area (Å²) in [7, 11) is 1.58. The van der Waals surface area contributed by atoms with E-state index < -0.39 is 6.10 Å². The molecule has 7 nitrogen and oxygen atoms in total. The van der Waals surface area contributed by atoms with Crippen LogP contribution in [0.25, 0.3) is 0 Å². The molecule has 164 valence electrons. The number of amides is 3. The molecule has 0 aliphatic carbocycles. The van der Waals surface area contributed by atoms with Crippen LogP contribution in [0.2, 0.25) is 0 Å². The summed E-state index contributed by atoms with van der Waals surface area (Å²) in [6.07, 6.45) is -0.677. The van der Waals surface area contributed by atoms with Crippen LogP contribution in [0.3, 0.4) is 0 Å². The van der Waals surface area contributed by atoms with Gasteiger partial charge in [-0.25, -0.2) is 0 Å². The van der Waals surface area contributed by atoms with Gasteiger partial charge in [0.1, 0.15) is 5.75 Å². The summed E-state index contributed by atoms with van der Waals surface area (Å²) in [6, 6.07) is 14.2. The van der Waals surface area contributed by atoms with Crippen molar-refractivity contribution in [3.8, 4) is 5.75 Å². The van der Waals surface area contributed by atoms with E-state index in [9.17, 15) is 14.4 Å². The van der Waals surface area contributed by atoms with Gasteiger partial charge in [-0.2, -0.15) is 0 Å². The highest BCUT2D eigenvalue weighted by Gasteiger charge is 2.33. The minimum absolute atomic E-state index is 0.0180. The molecule has 2 aromatic carbocycles. The van der Waals surface area contributed by atoms with E-state index >= 15 is 0 Å². The number of hydrogen-bond acceptors (Lipinski definition) is 4. The fourth-order valence-electron chi connectivity index (χ4n) is 3.82. The molecule has 0 aromatic heterocycles. The van der Waals surface area contributed by atoms with Gasteiger partial charge in [0.2, 0.25) is 0 Å². The molecule has 0 bridgehead atoms. The quantitative estimate of drug-likeness (QED) is 0.802. The number of carbonyl (C=O) groups excluding carboxylic acids is 3.